The van der Waals surface area contributed by atoms with E-state index in [0.29, 0.717) is 12.2 Å². The lowest BCUT2D eigenvalue weighted by Crippen LogP contribution is -2.37. The molecule has 0 saturated carbocycles. The fourth-order valence-corrected chi connectivity index (χ4v) is 4.28. The summed E-state index contributed by atoms with van der Waals surface area (Å²) in [7, 11) is 0. The van der Waals surface area contributed by atoms with Crippen LogP contribution in [0.3, 0.4) is 0 Å². The summed E-state index contributed by atoms with van der Waals surface area (Å²) in [6.45, 7) is 0.415. The molecule has 2 amide bonds. The zero-order valence-electron chi connectivity index (χ0n) is 16.5. The van der Waals surface area contributed by atoms with E-state index in [9.17, 15) is 9.18 Å². The Morgan fingerprint density at radius 1 is 0.968 bits per heavy atom. The second-order valence-corrected chi connectivity index (χ2v) is 7.84. The van der Waals surface area contributed by atoms with Crippen LogP contribution in [0.1, 0.15) is 22.9 Å². The van der Waals surface area contributed by atoms with Crippen LogP contribution in [0.25, 0.3) is 5.69 Å². The van der Waals surface area contributed by atoms with E-state index in [4.69, 9.17) is 11.6 Å². The van der Waals surface area contributed by atoms with Gasteiger partial charge in [-0.25, -0.2) is 9.18 Å². The summed E-state index contributed by atoms with van der Waals surface area (Å²) in [6, 6.07) is 25.6. The molecule has 1 N–H and O–H groups in total. The van der Waals surface area contributed by atoms with Crippen LogP contribution in [0.2, 0.25) is 5.02 Å². The Morgan fingerprint density at radius 2 is 1.74 bits per heavy atom. The number of urea groups is 1. The topological polar surface area (TPSA) is 37.3 Å². The molecule has 154 valence electrons. The van der Waals surface area contributed by atoms with Gasteiger partial charge < -0.3 is 14.8 Å². The summed E-state index contributed by atoms with van der Waals surface area (Å²) >= 11 is 5.91. The number of hydrogen-bond acceptors (Lipinski definition) is 1. The summed E-state index contributed by atoms with van der Waals surface area (Å²) in [4.78, 5) is 15.3. The molecular weight excluding hydrogens is 413 g/mol. The van der Waals surface area contributed by atoms with Gasteiger partial charge in [-0.05, 0) is 47.5 Å². The molecule has 4 aromatic rings. The lowest BCUT2D eigenvalue weighted by molar-refractivity contribution is 0.194. The van der Waals surface area contributed by atoms with Crippen LogP contribution in [0.15, 0.2) is 91.1 Å². The third-order valence-corrected chi connectivity index (χ3v) is 5.80. The molecule has 5 rings (SSSR count). The first-order valence-corrected chi connectivity index (χ1v) is 10.3. The number of fused-ring (bicyclic) bond motifs is 3. The van der Waals surface area contributed by atoms with E-state index in [2.05, 4.69) is 16.0 Å². The van der Waals surface area contributed by atoms with Gasteiger partial charge in [-0.2, -0.15) is 0 Å². The van der Waals surface area contributed by atoms with Crippen molar-refractivity contribution >= 4 is 23.3 Å². The lowest BCUT2D eigenvalue weighted by Gasteiger charge is -2.31. The van der Waals surface area contributed by atoms with Crippen molar-refractivity contribution in [1.29, 1.82) is 0 Å². The predicted octanol–water partition coefficient (Wildman–Crippen LogP) is 6.41. The first-order valence-electron chi connectivity index (χ1n) is 9.95. The number of anilines is 1. The van der Waals surface area contributed by atoms with E-state index in [-0.39, 0.29) is 17.1 Å². The van der Waals surface area contributed by atoms with E-state index in [1.165, 1.54) is 18.2 Å². The van der Waals surface area contributed by atoms with E-state index < -0.39 is 5.82 Å². The molecule has 1 aliphatic rings. The summed E-state index contributed by atoms with van der Waals surface area (Å²) < 4.78 is 15.7. The van der Waals surface area contributed by atoms with Crippen LogP contribution in [0.5, 0.6) is 0 Å². The molecule has 0 bridgehead atoms. The molecule has 1 atom stereocenters. The maximum atomic E-state index is 13.6. The molecule has 0 fully saturated rings. The van der Waals surface area contributed by atoms with Crippen molar-refractivity contribution in [2.75, 3.05) is 5.32 Å². The Kier molecular flexibility index (Phi) is 4.96. The Labute approximate surface area is 184 Å². The fourth-order valence-electron chi connectivity index (χ4n) is 4.09. The van der Waals surface area contributed by atoms with Gasteiger partial charge in [-0.1, -0.05) is 60.1 Å². The van der Waals surface area contributed by atoms with Crippen LogP contribution < -0.4 is 5.32 Å². The number of hydrogen-bond donors (Lipinski definition) is 1. The lowest BCUT2D eigenvalue weighted by atomic mass is 10.0. The second-order valence-electron chi connectivity index (χ2n) is 7.43. The Hall–Kier alpha value is -3.57. The average molecular weight is 432 g/mol. The number of nitrogens with zero attached hydrogens (tertiary/aromatic N) is 2. The monoisotopic (exact) mass is 431 g/mol. The van der Waals surface area contributed by atoms with Crippen molar-refractivity contribution in [2.45, 2.75) is 12.6 Å². The van der Waals surface area contributed by atoms with Crippen molar-refractivity contribution in [2.24, 2.45) is 0 Å². The smallest absolute Gasteiger partial charge is 0.318 e. The number of amides is 2. The van der Waals surface area contributed by atoms with Crippen LogP contribution in [0.4, 0.5) is 14.9 Å². The van der Waals surface area contributed by atoms with Crippen molar-refractivity contribution in [3.8, 4) is 5.69 Å². The van der Waals surface area contributed by atoms with Crippen LogP contribution in [0, 0.1) is 5.82 Å². The minimum Gasteiger partial charge on any atom is -0.318 e. The van der Waals surface area contributed by atoms with E-state index in [1.807, 2.05) is 66.9 Å². The largest absolute Gasteiger partial charge is 0.322 e. The first kappa shape index (κ1) is 19.4. The minimum absolute atomic E-state index is 0.0347. The number of aromatic nitrogens is 1. The normalized spacial score (nSPS) is 15.0. The van der Waals surface area contributed by atoms with Crippen LogP contribution >= 0.6 is 11.6 Å². The molecule has 0 aliphatic carbocycles. The highest BCUT2D eigenvalue weighted by molar-refractivity contribution is 6.31. The molecule has 0 spiro atoms. The SMILES string of the molecule is O=C(Nc1ccc(F)c(Cl)c1)N1Cc2ccccc2-n2cccc2[C@@H]1c1ccccc1. The summed E-state index contributed by atoms with van der Waals surface area (Å²) in [5.41, 5.74) is 4.51. The van der Waals surface area contributed by atoms with Gasteiger partial charge in [0.05, 0.1) is 23.3 Å². The molecule has 31 heavy (non-hydrogen) atoms. The quantitative estimate of drug-likeness (QED) is 0.391. The number of halogens is 2. The first-order chi connectivity index (χ1) is 15.1. The highest BCUT2D eigenvalue weighted by atomic mass is 35.5. The van der Waals surface area contributed by atoms with Crippen LogP contribution in [-0.2, 0) is 6.54 Å². The molecular formula is C25H19ClFN3O. The number of carbonyl (C=O) groups is 1. The van der Waals surface area contributed by atoms with Gasteiger partial charge in [0, 0.05) is 17.6 Å². The highest BCUT2D eigenvalue weighted by Gasteiger charge is 2.32. The fraction of sp³-hybridized carbons (Fsp3) is 0.0800. The minimum atomic E-state index is -0.525. The second kappa shape index (κ2) is 7.93. The predicted molar refractivity (Wildman–Crippen MR) is 120 cm³/mol. The van der Waals surface area contributed by atoms with Gasteiger partial charge in [-0.3, -0.25) is 0 Å². The van der Waals surface area contributed by atoms with E-state index >= 15 is 0 Å². The molecule has 6 heteroatoms. The van der Waals surface area contributed by atoms with Gasteiger partial charge in [0.1, 0.15) is 5.82 Å². The average Bonchev–Trinajstić information content (AvgIpc) is 3.21. The van der Waals surface area contributed by atoms with Crippen molar-refractivity contribution in [3.05, 3.63) is 119 Å². The Bertz CT molecular complexity index is 1250. The highest BCUT2D eigenvalue weighted by Crippen LogP contribution is 2.37. The molecule has 4 nitrogen and oxygen atoms in total. The molecule has 2 heterocycles. The molecule has 1 aliphatic heterocycles. The molecule has 0 radical (unpaired) electrons. The van der Waals surface area contributed by atoms with E-state index in [0.717, 1.165) is 22.5 Å². The molecule has 0 saturated heterocycles. The van der Waals surface area contributed by atoms with Gasteiger partial charge in [0.15, 0.2) is 0 Å². The van der Waals surface area contributed by atoms with Crippen molar-refractivity contribution in [1.82, 2.24) is 9.47 Å². The molecule has 1 aromatic heterocycles. The maximum absolute atomic E-state index is 13.6. The molecule has 0 unspecified atom stereocenters. The number of carbonyl (C=O) groups excluding carboxylic acids is 1. The maximum Gasteiger partial charge on any atom is 0.322 e. The molecule has 3 aromatic carbocycles. The summed E-state index contributed by atoms with van der Waals surface area (Å²) in [6.07, 6.45) is 2.02. The number of rotatable bonds is 2. The third-order valence-electron chi connectivity index (χ3n) is 5.51. The van der Waals surface area contributed by atoms with Gasteiger partial charge >= 0.3 is 6.03 Å². The summed E-state index contributed by atoms with van der Waals surface area (Å²) in [5, 5.41) is 2.85. The Balaban J connectivity index is 1.61. The third kappa shape index (κ3) is 3.57. The van der Waals surface area contributed by atoms with Crippen LogP contribution in [-0.4, -0.2) is 15.5 Å². The van der Waals surface area contributed by atoms with Gasteiger partial charge in [-0.15, -0.1) is 0 Å². The van der Waals surface area contributed by atoms with Crippen molar-refractivity contribution < 1.29 is 9.18 Å². The van der Waals surface area contributed by atoms with Crippen molar-refractivity contribution in [3.63, 3.8) is 0 Å². The van der Waals surface area contributed by atoms with E-state index in [1.54, 1.807) is 4.90 Å². The Morgan fingerprint density at radius 3 is 2.55 bits per heavy atom. The van der Waals surface area contributed by atoms with Gasteiger partial charge in [0.2, 0.25) is 0 Å². The standard InChI is InChI=1S/C25H19ClFN3O/c26-20-15-19(12-13-21(20)27)28-25(31)30-16-18-9-4-5-10-22(18)29-14-6-11-23(29)24(30)17-7-2-1-3-8-17/h1-15,24H,16H2,(H,28,31)/t24-/m0/s1. The zero-order valence-corrected chi connectivity index (χ0v) is 17.3. The summed E-state index contributed by atoms with van der Waals surface area (Å²) in [5.74, 6) is -0.525. The number of para-hydroxylation sites is 1. The van der Waals surface area contributed by atoms with Gasteiger partial charge in [0.25, 0.3) is 0 Å². The number of benzene rings is 3. The zero-order chi connectivity index (χ0) is 21.4. The number of nitrogens with one attached hydrogen (secondary N) is 1.